The molecule has 3 unspecified atom stereocenters. The Balaban J connectivity index is 2.14. The Morgan fingerprint density at radius 2 is 2.06 bits per heavy atom. The molecule has 0 aromatic heterocycles. The first-order valence-corrected chi connectivity index (χ1v) is 7.08. The van der Waals surface area contributed by atoms with Gasteiger partial charge in [-0.15, -0.1) is 0 Å². The van der Waals surface area contributed by atoms with E-state index in [1.807, 2.05) is 6.92 Å². The lowest BCUT2D eigenvalue weighted by molar-refractivity contribution is 0.125. The summed E-state index contributed by atoms with van der Waals surface area (Å²) in [5.41, 5.74) is 5.53. The van der Waals surface area contributed by atoms with Crippen LogP contribution in [0.2, 0.25) is 0 Å². The zero-order valence-corrected chi connectivity index (χ0v) is 11.8. The molecule has 0 spiro atoms. The van der Waals surface area contributed by atoms with Crippen molar-refractivity contribution in [2.24, 2.45) is 11.7 Å². The predicted molar refractivity (Wildman–Crippen MR) is 73.0 cm³/mol. The van der Waals surface area contributed by atoms with E-state index < -0.39 is 0 Å². The molecule has 3 atom stereocenters. The third-order valence-electron chi connectivity index (χ3n) is 4.08. The minimum absolute atomic E-state index is 0.0879. The maximum absolute atomic E-state index is 9.08. The summed E-state index contributed by atoms with van der Waals surface area (Å²) in [6.45, 7) is 9.16. The number of aliphatic hydroxyl groups excluding tert-OH is 1. The van der Waals surface area contributed by atoms with E-state index in [1.165, 1.54) is 32.4 Å². The molecule has 3 heteroatoms. The van der Waals surface area contributed by atoms with Crippen molar-refractivity contribution < 1.29 is 5.11 Å². The highest BCUT2D eigenvalue weighted by atomic mass is 16.3. The molecule has 1 saturated heterocycles. The zero-order valence-electron chi connectivity index (χ0n) is 11.8. The van der Waals surface area contributed by atoms with E-state index in [0.29, 0.717) is 0 Å². The van der Waals surface area contributed by atoms with Crippen molar-refractivity contribution in [1.82, 2.24) is 4.90 Å². The first-order valence-electron chi connectivity index (χ1n) is 7.08. The van der Waals surface area contributed by atoms with Gasteiger partial charge in [0.2, 0.25) is 0 Å². The molecule has 0 amide bonds. The quantitative estimate of drug-likeness (QED) is 0.700. The van der Waals surface area contributed by atoms with Crippen LogP contribution >= 0.6 is 0 Å². The van der Waals surface area contributed by atoms with Crippen molar-refractivity contribution in [2.45, 2.75) is 64.5 Å². The molecule has 0 aromatic carbocycles. The number of aliphatic hydroxyl groups is 1. The Labute approximate surface area is 106 Å². The van der Waals surface area contributed by atoms with Crippen molar-refractivity contribution in [2.75, 3.05) is 19.7 Å². The van der Waals surface area contributed by atoms with Gasteiger partial charge in [0.1, 0.15) is 0 Å². The molecule has 3 N–H and O–H groups in total. The largest absolute Gasteiger partial charge is 0.394 e. The summed E-state index contributed by atoms with van der Waals surface area (Å²) < 4.78 is 0. The minimum Gasteiger partial charge on any atom is -0.394 e. The lowest BCUT2D eigenvalue weighted by Gasteiger charge is -2.36. The third-order valence-corrected chi connectivity index (χ3v) is 4.08. The first kappa shape index (κ1) is 14.9. The third kappa shape index (κ3) is 5.36. The molecule has 0 bridgehead atoms. The minimum atomic E-state index is -0.387. The standard InChI is InChI=1S/C14H30N2O/c1-12-6-9-16(13(2)10-12)8-5-4-7-14(3,15)11-17/h12-13,17H,4-11,15H2,1-3H3. The number of piperidine rings is 1. The van der Waals surface area contributed by atoms with Crippen LogP contribution in [0.5, 0.6) is 0 Å². The molecule has 1 rings (SSSR count). The highest BCUT2D eigenvalue weighted by molar-refractivity contribution is 4.79. The second kappa shape index (κ2) is 6.72. The van der Waals surface area contributed by atoms with Crippen LogP contribution < -0.4 is 5.73 Å². The molecule has 1 aliphatic rings. The maximum atomic E-state index is 9.08. The van der Waals surface area contributed by atoms with Crippen LogP contribution in [0.4, 0.5) is 0 Å². The van der Waals surface area contributed by atoms with E-state index in [2.05, 4.69) is 18.7 Å². The molecular weight excluding hydrogens is 212 g/mol. The molecule has 1 fully saturated rings. The van der Waals surface area contributed by atoms with Crippen LogP contribution in [-0.4, -0.2) is 41.3 Å². The number of hydrogen-bond acceptors (Lipinski definition) is 3. The van der Waals surface area contributed by atoms with Gasteiger partial charge in [0.25, 0.3) is 0 Å². The highest BCUT2D eigenvalue weighted by Gasteiger charge is 2.22. The van der Waals surface area contributed by atoms with E-state index in [-0.39, 0.29) is 12.1 Å². The highest BCUT2D eigenvalue weighted by Crippen LogP contribution is 2.22. The summed E-state index contributed by atoms with van der Waals surface area (Å²) >= 11 is 0. The van der Waals surface area contributed by atoms with Gasteiger partial charge in [0.15, 0.2) is 0 Å². The fourth-order valence-corrected chi connectivity index (χ4v) is 2.71. The molecule has 3 nitrogen and oxygen atoms in total. The lowest BCUT2D eigenvalue weighted by atomic mass is 9.92. The summed E-state index contributed by atoms with van der Waals surface area (Å²) in [6.07, 6.45) is 5.92. The SMILES string of the molecule is CC1CCN(CCCCC(C)(N)CO)C(C)C1. The van der Waals surface area contributed by atoms with Gasteiger partial charge in [-0.05, 0) is 58.5 Å². The number of unbranched alkanes of at least 4 members (excludes halogenated alkanes) is 1. The van der Waals surface area contributed by atoms with Crippen LogP contribution in [0.1, 0.15) is 52.9 Å². The molecule has 1 aliphatic heterocycles. The van der Waals surface area contributed by atoms with Crippen molar-refractivity contribution in [3.8, 4) is 0 Å². The fraction of sp³-hybridized carbons (Fsp3) is 1.00. The zero-order chi connectivity index (χ0) is 12.9. The number of nitrogens with two attached hydrogens (primary N) is 1. The van der Waals surface area contributed by atoms with E-state index in [9.17, 15) is 0 Å². The molecule has 1 heterocycles. The smallest absolute Gasteiger partial charge is 0.0608 e. The number of likely N-dealkylation sites (tertiary alicyclic amines) is 1. The molecule has 102 valence electrons. The molecule has 0 aliphatic carbocycles. The topological polar surface area (TPSA) is 49.5 Å². The van der Waals surface area contributed by atoms with E-state index >= 15 is 0 Å². The number of rotatable bonds is 6. The molecule has 0 radical (unpaired) electrons. The van der Waals surface area contributed by atoms with Gasteiger partial charge in [-0.3, -0.25) is 0 Å². The second-order valence-corrected chi connectivity index (χ2v) is 6.28. The van der Waals surface area contributed by atoms with Crippen LogP contribution in [0, 0.1) is 5.92 Å². The summed E-state index contributed by atoms with van der Waals surface area (Å²) in [7, 11) is 0. The van der Waals surface area contributed by atoms with Crippen molar-refractivity contribution in [3.05, 3.63) is 0 Å². The molecule has 0 aromatic rings. The maximum Gasteiger partial charge on any atom is 0.0608 e. The summed E-state index contributed by atoms with van der Waals surface area (Å²) in [5.74, 6) is 0.892. The Bertz CT molecular complexity index is 218. The number of nitrogens with zero attached hydrogens (tertiary/aromatic N) is 1. The van der Waals surface area contributed by atoms with Crippen molar-refractivity contribution >= 4 is 0 Å². The monoisotopic (exact) mass is 242 g/mol. The molecule has 0 saturated carbocycles. The Hall–Kier alpha value is -0.120. The summed E-state index contributed by atoms with van der Waals surface area (Å²) in [5, 5.41) is 9.08. The van der Waals surface area contributed by atoms with Gasteiger partial charge in [-0.1, -0.05) is 13.3 Å². The first-order chi connectivity index (χ1) is 7.94. The van der Waals surface area contributed by atoms with E-state index in [1.54, 1.807) is 0 Å². The van der Waals surface area contributed by atoms with Crippen molar-refractivity contribution in [1.29, 1.82) is 0 Å². The second-order valence-electron chi connectivity index (χ2n) is 6.28. The van der Waals surface area contributed by atoms with Crippen molar-refractivity contribution in [3.63, 3.8) is 0 Å². The van der Waals surface area contributed by atoms with Crippen LogP contribution in [0.25, 0.3) is 0 Å². The van der Waals surface area contributed by atoms with Gasteiger partial charge in [0.05, 0.1) is 6.61 Å². The van der Waals surface area contributed by atoms with E-state index in [4.69, 9.17) is 10.8 Å². The molecular formula is C14H30N2O. The predicted octanol–water partition coefficient (Wildman–Crippen LogP) is 1.99. The average Bonchev–Trinajstić information content (AvgIpc) is 2.27. The van der Waals surface area contributed by atoms with Crippen LogP contribution in [0.3, 0.4) is 0 Å². The van der Waals surface area contributed by atoms with Gasteiger partial charge >= 0.3 is 0 Å². The fourth-order valence-electron chi connectivity index (χ4n) is 2.71. The van der Waals surface area contributed by atoms with Crippen LogP contribution in [-0.2, 0) is 0 Å². The van der Waals surface area contributed by atoms with Crippen LogP contribution in [0.15, 0.2) is 0 Å². The van der Waals surface area contributed by atoms with Gasteiger partial charge < -0.3 is 15.7 Å². The number of hydrogen-bond donors (Lipinski definition) is 2. The Morgan fingerprint density at radius 1 is 1.35 bits per heavy atom. The summed E-state index contributed by atoms with van der Waals surface area (Å²) in [4.78, 5) is 2.60. The summed E-state index contributed by atoms with van der Waals surface area (Å²) in [6, 6.07) is 0.737. The lowest BCUT2D eigenvalue weighted by Crippen LogP contribution is -2.41. The Kier molecular flexibility index (Phi) is 5.90. The average molecular weight is 242 g/mol. The van der Waals surface area contributed by atoms with Gasteiger partial charge in [-0.2, -0.15) is 0 Å². The normalized spacial score (nSPS) is 30.2. The molecule has 17 heavy (non-hydrogen) atoms. The van der Waals surface area contributed by atoms with E-state index in [0.717, 1.165) is 24.8 Å². The van der Waals surface area contributed by atoms with Gasteiger partial charge in [0, 0.05) is 11.6 Å². The van der Waals surface area contributed by atoms with Gasteiger partial charge in [-0.25, -0.2) is 0 Å². The Morgan fingerprint density at radius 3 is 2.65 bits per heavy atom.